The summed E-state index contributed by atoms with van der Waals surface area (Å²) in [6, 6.07) is 10.4. The number of halogens is 2. The monoisotopic (exact) mass is 402 g/mol. The van der Waals surface area contributed by atoms with Crippen LogP contribution in [0.2, 0.25) is 0 Å². The van der Waals surface area contributed by atoms with E-state index < -0.39 is 5.82 Å². The number of fused-ring (bicyclic) bond motifs is 1. The van der Waals surface area contributed by atoms with E-state index >= 15 is 0 Å². The second-order valence-electron chi connectivity index (χ2n) is 5.54. The molecule has 0 saturated carbocycles. The number of para-hydroxylation sites is 1. The molecule has 0 atom stereocenters. The van der Waals surface area contributed by atoms with Crippen molar-refractivity contribution < 1.29 is 9.18 Å². The van der Waals surface area contributed by atoms with Crippen LogP contribution >= 0.6 is 15.9 Å². The maximum Gasteiger partial charge on any atom is 0.226 e. The molecule has 1 heterocycles. The number of benzene rings is 2. The van der Waals surface area contributed by atoms with Gasteiger partial charge in [-0.1, -0.05) is 22.0 Å². The Labute approximate surface area is 152 Å². The molecule has 3 rings (SSSR count). The molecule has 0 aliphatic rings. The van der Waals surface area contributed by atoms with E-state index in [0.29, 0.717) is 17.7 Å². The van der Waals surface area contributed by atoms with Crippen LogP contribution in [0.1, 0.15) is 12.0 Å². The van der Waals surface area contributed by atoms with Gasteiger partial charge in [0.25, 0.3) is 0 Å². The fraction of sp³-hybridized carbons (Fsp3) is 0.167. The molecule has 0 bridgehead atoms. The van der Waals surface area contributed by atoms with Gasteiger partial charge in [0.15, 0.2) is 0 Å². The van der Waals surface area contributed by atoms with Gasteiger partial charge in [-0.05, 0) is 42.8 Å². The SMILES string of the molecule is Cc1cc(Br)ccc1NC(=O)CCNc1ncnc2c(F)cccc12. The van der Waals surface area contributed by atoms with Crippen LogP contribution in [0.15, 0.2) is 47.2 Å². The van der Waals surface area contributed by atoms with Crippen molar-refractivity contribution in [2.24, 2.45) is 0 Å². The Morgan fingerprint density at radius 3 is 2.88 bits per heavy atom. The minimum Gasteiger partial charge on any atom is -0.369 e. The number of aromatic nitrogens is 2. The minimum atomic E-state index is -0.397. The van der Waals surface area contributed by atoms with Gasteiger partial charge >= 0.3 is 0 Å². The third-order valence-electron chi connectivity index (χ3n) is 3.72. The van der Waals surface area contributed by atoms with Crippen molar-refractivity contribution in [3.05, 3.63) is 58.6 Å². The lowest BCUT2D eigenvalue weighted by Gasteiger charge is -2.10. The molecule has 2 N–H and O–H groups in total. The van der Waals surface area contributed by atoms with Gasteiger partial charge < -0.3 is 10.6 Å². The van der Waals surface area contributed by atoms with Crippen LogP contribution in [-0.2, 0) is 4.79 Å². The van der Waals surface area contributed by atoms with E-state index in [-0.39, 0.29) is 17.8 Å². The van der Waals surface area contributed by atoms with Crippen molar-refractivity contribution in [2.75, 3.05) is 17.2 Å². The van der Waals surface area contributed by atoms with Crippen molar-refractivity contribution in [3.8, 4) is 0 Å². The molecule has 0 radical (unpaired) electrons. The summed E-state index contributed by atoms with van der Waals surface area (Å²) in [6.07, 6.45) is 1.56. The van der Waals surface area contributed by atoms with Gasteiger partial charge in [0.1, 0.15) is 23.5 Å². The van der Waals surface area contributed by atoms with E-state index in [2.05, 4.69) is 36.5 Å². The molecule has 0 aliphatic carbocycles. The summed E-state index contributed by atoms with van der Waals surface area (Å²) in [5, 5.41) is 6.54. The number of nitrogens with one attached hydrogen (secondary N) is 2. The Morgan fingerprint density at radius 2 is 2.08 bits per heavy atom. The molecule has 7 heteroatoms. The molecule has 25 heavy (non-hydrogen) atoms. The zero-order valence-corrected chi connectivity index (χ0v) is 15.1. The van der Waals surface area contributed by atoms with Gasteiger partial charge in [0.2, 0.25) is 5.91 Å². The number of hydrogen-bond acceptors (Lipinski definition) is 4. The lowest BCUT2D eigenvalue weighted by atomic mass is 10.2. The molecule has 0 spiro atoms. The molecule has 3 aromatic rings. The fourth-order valence-corrected chi connectivity index (χ4v) is 2.94. The number of nitrogens with zero attached hydrogens (tertiary/aromatic N) is 2. The fourth-order valence-electron chi connectivity index (χ4n) is 2.47. The van der Waals surface area contributed by atoms with E-state index in [1.54, 1.807) is 12.1 Å². The van der Waals surface area contributed by atoms with E-state index in [4.69, 9.17) is 0 Å². The number of carbonyl (C=O) groups is 1. The number of carbonyl (C=O) groups excluding carboxylic acids is 1. The van der Waals surface area contributed by atoms with Crippen LogP contribution in [0.25, 0.3) is 10.9 Å². The number of amides is 1. The number of hydrogen-bond donors (Lipinski definition) is 2. The normalized spacial score (nSPS) is 10.7. The average molecular weight is 403 g/mol. The number of aryl methyl sites for hydroxylation is 1. The number of anilines is 2. The summed E-state index contributed by atoms with van der Waals surface area (Å²) in [7, 11) is 0. The third kappa shape index (κ3) is 4.11. The maximum atomic E-state index is 13.7. The molecular formula is C18H16BrFN4O. The quantitative estimate of drug-likeness (QED) is 0.668. The van der Waals surface area contributed by atoms with Crippen LogP contribution in [-0.4, -0.2) is 22.4 Å². The Hall–Kier alpha value is -2.54. The highest BCUT2D eigenvalue weighted by molar-refractivity contribution is 9.10. The summed E-state index contributed by atoms with van der Waals surface area (Å²) < 4.78 is 14.7. The van der Waals surface area contributed by atoms with Gasteiger partial charge in [-0.3, -0.25) is 4.79 Å². The van der Waals surface area contributed by atoms with Gasteiger partial charge in [0, 0.05) is 28.5 Å². The molecule has 0 saturated heterocycles. The van der Waals surface area contributed by atoms with Gasteiger partial charge in [0.05, 0.1) is 0 Å². The lowest BCUT2D eigenvalue weighted by molar-refractivity contribution is -0.115. The first-order chi connectivity index (χ1) is 12.0. The highest BCUT2D eigenvalue weighted by atomic mass is 79.9. The van der Waals surface area contributed by atoms with Crippen molar-refractivity contribution in [3.63, 3.8) is 0 Å². The average Bonchev–Trinajstić information content (AvgIpc) is 2.58. The first-order valence-corrected chi connectivity index (χ1v) is 8.53. The Balaban J connectivity index is 1.61. The third-order valence-corrected chi connectivity index (χ3v) is 4.22. The van der Waals surface area contributed by atoms with Crippen LogP contribution in [0, 0.1) is 12.7 Å². The van der Waals surface area contributed by atoms with Crippen molar-refractivity contribution in [1.82, 2.24) is 9.97 Å². The standard InChI is InChI=1S/C18H16BrFN4O/c1-11-9-12(19)5-6-15(11)24-16(25)7-8-21-18-13-3-2-4-14(20)17(13)22-10-23-18/h2-6,9-10H,7-8H2,1H3,(H,24,25)(H,21,22,23). The van der Waals surface area contributed by atoms with E-state index in [1.807, 2.05) is 25.1 Å². The Bertz CT molecular complexity index is 932. The summed E-state index contributed by atoms with van der Waals surface area (Å²) in [4.78, 5) is 20.2. The lowest BCUT2D eigenvalue weighted by Crippen LogP contribution is -2.17. The zero-order chi connectivity index (χ0) is 17.8. The summed E-state index contributed by atoms with van der Waals surface area (Å²) >= 11 is 3.39. The highest BCUT2D eigenvalue weighted by Gasteiger charge is 2.09. The first-order valence-electron chi connectivity index (χ1n) is 7.73. The second kappa shape index (κ2) is 7.57. The van der Waals surface area contributed by atoms with Crippen molar-refractivity contribution in [1.29, 1.82) is 0 Å². The maximum absolute atomic E-state index is 13.7. The molecule has 1 aromatic heterocycles. The number of rotatable bonds is 5. The zero-order valence-electron chi connectivity index (χ0n) is 13.5. The largest absolute Gasteiger partial charge is 0.369 e. The van der Waals surface area contributed by atoms with Crippen molar-refractivity contribution >= 4 is 44.2 Å². The van der Waals surface area contributed by atoms with E-state index in [1.165, 1.54) is 12.4 Å². The molecular weight excluding hydrogens is 387 g/mol. The predicted octanol–water partition coefficient (Wildman–Crippen LogP) is 4.28. The van der Waals surface area contributed by atoms with E-state index in [9.17, 15) is 9.18 Å². The van der Waals surface area contributed by atoms with Crippen LogP contribution in [0.3, 0.4) is 0 Å². The summed E-state index contributed by atoms with van der Waals surface area (Å²) in [6.45, 7) is 2.31. The van der Waals surface area contributed by atoms with Gasteiger partial charge in [-0.2, -0.15) is 0 Å². The summed E-state index contributed by atoms with van der Waals surface area (Å²) in [5.41, 5.74) is 2.02. The highest BCUT2D eigenvalue weighted by Crippen LogP contribution is 2.22. The van der Waals surface area contributed by atoms with Gasteiger partial charge in [-0.15, -0.1) is 0 Å². The first kappa shape index (κ1) is 17.3. The molecule has 5 nitrogen and oxygen atoms in total. The molecule has 1 amide bonds. The second-order valence-corrected chi connectivity index (χ2v) is 6.46. The minimum absolute atomic E-state index is 0.109. The Kier molecular flexibility index (Phi) is 5.23. The van der Waals surface area contributed by atoms with Crippen LogP contribution in [0.4, 0.5) is 15.9 Å². The summed E-state index contributed by atoms with van der Waals surface area (Å²) in [5.74, 6) is 0.00555. The predicted molar refractivity (Wildman–Crippen MR) is 100 cm³/mol. The molecule has 2 aromatic carbocycles. The van der Waals surface area contributed by atoms with Crippen LogP contribution < -0.4 is 10.6 Å². The molecule has 0 unspecified atom stereocenters. The molecule has 128 valence electrons. The van der Waals surface area contributed by atoms with E-state index in [0.717, 1.165) is 15.7 Å². The van der Waals surface area contributed by atoms with Crippen LogP contribution in [0.5, 0.6) is 0 Å². The molecule has 0 fully saturated rings. The topological polar surface area (TPSA) is 66.9 Å². The van der Waals surface area contributed by atoms with Crippen molar-refractivity contribution in [2.45, 2.75) is 13.3 Å². The smallest absolute Gasteiger partial charge is 0.226 e. The Morgan fingerprint density at radius 1 is 1.24 bits per heavy atom. The molecule has 0 aliphatic heterocycles. The van der Waals surface area contributed by atoms with Gasteiger partial charge in [-0.25, -0.2) is 14.4 Å².